The quantitative estimate of drug-likeness (QED) is 0.737. The van der Waals surface area contributed by atoms with Gasteiger partial charge in [-0.25, -0.2) is 0 Å². The van der Waals surface area contributed by atoms with Gasteiger partial charge in [-0.3, -0.25) is 0 Å². The Labute approximate surface area is 96.1 Å². The van der Waals surface area contributed by atoms with Crippen LogP contribution in [0.25, 0.3) is 0 Å². The molecule has 0 spiro atoms. The van der Waals surface area contributed by atoms with Gasteiger partial charge >= 0.3 is 13.2 Å². The minimum atomic E-state index is -2.95. The van der Waals surface area contributed by atoms with Crippen LogP contribution in [-0.2, 0) is 0 Å². The van der Waals surface area contributed by atoms with Gasteiger partial charge in [0.15, 0.2) is 0 Å². The Morgan fingerprint density at radius 2 is 1.53 bits per heavy atom. The summed E-state index contributed by atoms with van der Waals surface area (Å²) in [5.74, 6) is -0.257. The van der Waals surface area contributed by atoms with Crippen molar-refractivity contribution in [1.29, 1.82) is 0 Å². The van der Waals surface area contributed by atoms with Gasteiger partial charge in [0.2, 0.25) is 0 Å². The Morgan fingerprint density at radius 3 is 2.00 bits per heavy atom. The van der Waals surface area contributed by atoms with E-state index in [4.69, 9.17) is 0 Å². The standard InChI is InChI=1S/C11H12F4O2/c1-6(2)8-5-7(16-10(12)13)3-4-9(8)17-11(14)15/h3-6,10-11H,1-2H3. The number of rotatable bonds is 5. The zero-order valence-corrected chi connectivity index (χ0v) is 9.29. The number of alkyl halides is 4. The van der Waals surface area contributed by atoms with Crippen molar-refractivity contribution < 1.29 is 27.0 Å². The molecule has 0 atom stereocenters. The fourth-order valence-corrected chi connectivity index (χ4v) is 1.36. The third-order valence-electron chi connectivity index (χ3n) is 2.04. The van der Waals surface area contributed by atoms with Gasteiger partial charge in [0, 0.05) is 5.56 Å². The second-order valence-corrected chi connectivity index (χ2v) is 3.61. The summed E-state index contributed by atoms with van der Waals surface area (Å²) in [6.07, 6.45) is 0. The molecule has 1 aromatic rings. The highest BCUT2D eigenvalue weighted by Crippen LogP contribution is 2.31. The number of hydrogen-bond acceptors (Lipinski definition) is 2. The van der Waals surface area contributed by atoms with Crippen LogP contribution in [0.15, 0.2) is 18.2 Å². The minimum Gasteiger partial charge on any atom is -0.435 e. The molecule has 96 valence electrons. The average Bonchev–Trinajstić information content (AvgIpc) is 2.18. The smallest absolute Gasteiger partial charge is 0.387 e. The number of ether oxygens (including phenoxy) is 2. The van der Waals surface area contributed by atoms with Crippen LogP contribution < -0.4 is 9.47 Å². The Kier molecular flexibility index (Phi) is 4.60. The Balaban J connectivity index is 2.99. The third kappa shape index (κ3) is 4.13. The van der Waals surface area contributed by atoms with Crippen LogP contribution in [0.4, 0.5) is 17.6 Å². The van der Waals surface area contributed by atoms with Gasteiger partial charge in [-0.05, 0) is 24.1 Å². The van der Waals surface area contributed by atoms with Crippen LogP contribution in [0.1, 0.15) is 25.3 Å². The maximum Gasteiger partial charge on any atom is 0.387 e. The first-order valence-corrected chi connectivity index (χ1v) is 4.93. The van der Waals surface area contributed by atoms with Crippen LogP contribution in [0, 0.1) is 0 Å². The monoisotopic (exact) mass is 252 g/mol. The van der Waals surface area contributed by atoms with E-state index in [1.165, 1.54) is 12.1 Å². The lowest BCUT2D eigenvalue weighted by Gasteiger charge is -2.15. The van der Waals surface area contributed by atoms with E-state index >= 15 is 0 Å². The van der Waals surface area contributed by atoms with Crippen molar-refractivity contribution in [2.75, 3.05) is 0 Å². The van der Waals surface area contributed by atoms with Crippen molar-refractivity contribution in [3.8, 4) is 11.5 Å². The van der Waals surface area contributed by atoms with Crippen LogP contribution in [-0.4, -0.2) is 13.2 Å². The van der Waals surface area contributed by atoms with E-state index in [2.05, 4.69) is 9.47 Å². The van der Waals surface area contributed by atoms with Gasteiger partial charge < -0.3 is 9.47 Å². The first kappa shape index (κ1) is 13.6. The molecule has 0 saturated heterocycles. The maximum absolute atomic E-state index is 12.1. The fourth-order valence-electron chi connectivity index (χ4n) is 1.36. The number of benzene rings is 1. The molecule has 6 heteroatoms. The predicted molar refractivity (Wildman–Crippen MR) is 53.8 cm³/mol. The molecule has 0 bridgehead atoms. The Bertz CT molecular complexity index is 366. The average molecular weight is 252 g/mol. The predicted octanol–water partition coefficient (Wildman–Crippen LogP) is 4.01. The van der Waals surface area contributed by atoms with E-state index in [-0.39, 0.29) is 17.4 Å². The van der Waals surface area contributed by atoms with Crippen molar-refractivity contribution in [2.24, 2.45) is 0 Å². The highest BCUT2D eigenvalue weighted by Gasteiger charge is 2.14. The largest absolute Gasteiger partial charge is 0.435 e. The summed E-state index contributed by atoms with van der Waals surface area (Å²) in [5.41, 5.74) is 0.392. The van der Waals surface area contributed by atoms with Gasteiger partial charge in [-0.2, -0.15) is 17.6 Å². The van der Waals surface area contributed by atoms with Crippen LogP contribution in [0.2, 0.25) is 0 Å². The minimum absolute atomic E-state index is 0.0309. The molecular weight excluding hydrogens is 240 g/mol. The molecule has 0 aliphatic heterocycles. The number of hydrogen-bond donors (Lipinski definition) is 0. The summed E-state index contributed by atoms with van der Waals surface area (Å²) >= 11 is 0. The van der Waals surface area contributed by atoms with Crippen LogP contribution >= 0.6 is 0 Å². The maximum atomic E-state index is 12.1. The van der Waals surface area contributed by atoms with E-state index < -0.39 is 13.2 Å². The van der Waals surface area contributed by atoms with Gasteiger partial charge in [-0.1, -0.05) is 13.8 Å². The molecule has 0 saturated carbocycles. The topological polar surface area (TPSA) is 18.5 Å². The fraction of sp³-hybridized carbons (Fsp3) is 0.455. The number of halogens is 4. The molecule has 2 nitrogen and oxygen atoms in total. The van der Waals surface area contributed by atoms with E-state index in [0.29, 0.717) is 5.56 Å². The van der Waals surface area contributed by atoms with Crippen molar-refractivity contribution in [3.63, 3.8) is 0 Å². The van der Waals surface area contributed by atoms with Gasteiger partial charge in [0.1, 0.15) is 11.5 Å². The summed E-state index contributed by atoms with van der Waals surface area (Å²) in [5, 5.41) is 0. The summed E-state index contributed by atoms with van der Waals surface area (Å²) in [6, 6.07) is 3.63. The summed E-state index contributed by atoms with van der Waals surface area (Å²) in [6.45, 7) is -2.43. The highest BCUT2D eigenvalue weighted by atomic mass is 19.3. The van der Waals surface area contributed by atoms with E-state index in [1.807, 2.05) is 0 Å². The molecule has 0 N–H and O–H groups in total. The lowest BCUT2D eigenvalue weighted by Crippen LogP contribution is -2.07. The highest BCUT2D eigenvalue weighted by molar-refractivity contribution is 5.42. The molecule has 1 aromatic carbocycles. The molecule has 0 aliphatic rings. The first-order valence-electron chi connectivity index (χ1n) is 4.93. The molecule has 0 heterocycles. The second-order valence-electron chi connectivity index (χ2n) is 3.61. The van der Waals surface area contributed by atoms with Crippen molar-refractivity contribution >= 4 is 0 Å². The zero-order chi connectivity index (χ0) is 13.0. The van der Waals surface area contributed by atoms with Gasteiger partial charge in [0.25, 0.3) is 0 Å². The zero-order valence-electron chi connectivity index (χ0n) is 9.29. The Hall–Kier alpha value is -1.46. The van der Waals surface area contributed by atoms with E-state index in [0.717, 1.165) is 6.07 Å². The van der Waals surface area contributed by atoms with E-state index in [9.17, 15) is 17.6 Å². The Morgan fingerprint density at radius 1 is 0.941 bits per heavy atom. The van der Waals surface area contributed by atoms with Crippen molar-refractivity contribution in [3.05, 3.63) is 23.8 Å². The van der Waals surface area contributed by atoms with Crippen molar-refractivity contribution in [1.82, 2.24) is 0 Å². The summed E-state index contributed by atoms with van der Waals surface area (Å²) < 4.78 is 56.7. The van der Waals surface area contributed by atoms with Crippen LogP contribution in [0.5, 0.6) is 11.5 Å². The molecule has 1 rings (SSSR count). The molecule has 0 amide bonds. The van der Waals surface area contributed by atoms with Gasteiger partial charge in [0.05, 0.1) is 0 Å². The molecular formula is C11H12F4O2. The lowest BCUT2D eigenvalue weighted by atomic mass is 10.0. The molecule has 0 radical (unpaired) electrons. The second kappa shape index (κ2) is 5.75. The van der Waals surface area contributed by atoms with E-state index in [1.54, 1.807) is 13.8 Å². The first-order chi connectivity index (χ1) is 7.90. The molecule has 0 fully saturated rings. The summed E-state index contributed by atoms with van der Waals surface area (Å²) in [4.78, 5) is 0. The third-order valence-corrected chi connectivity index (χ3v) is 2.04. The summed E-state index contributed by atoms with van der Waals surface area (Å²) in [7, 11) is 0. The molecule has 0 aromatic heterocycles. The normalized spacial score (nSPS) is 11.4. The van der Waals surface area contributed by atoms with Crippen molar-refractivity contribution in [2.45, 2.75) is 33.0 Å². The van der Waals surface area contributed by atoms with Crippen LogP contribution in [0.3, 0.4) is 0 Å². The molecule has 0 unspecified atom stereocenters. The lowest BCUT2D eigenvalue weighted by molar-refractivity contribution is -0.0535. The molecule has 0 aliphatic carbocycles. The van der Waals surface area contributed by atoms with Gasteiger partial charge in [-0.15, -0.1) is 0 Å². The molecule has 17 heavy (non-hydrogen) atoms. The SMILES string of the molecule is CC(C)c1cc(OC(F)F)ccc1OC(F)F.